The molecule has 0 aliphatic carbocycles. The fourth-order valence-corrected chi connectivity index (χ4v) is 3.37. The summed E-state index contributed by atoms with van der Waals surface area (Å²) >= 11 is 0. The zero-order valence-electron chi connectivity index (χ0n) is 12.7. The number of rotatable bonds is 7. The van der Waals surface area contributed by atoms with Crippen molar-refractivity contribution in [1.29, 1.82) is 0 Å². The van der Waals surface area contributed by atoms with Crippen molar-refractivity contribution >= 4 is 16.0 Å². The predicted octanol–water partition coefficient (Wildman–Crippen LogP) is 1.68. The molecular formula is C13H22N2O5S. The molecule has 7 nitrogen and oxygen atoms in total. The van der Waals surface area contributed by atoms with Crippen LogP contribution in [0.15, 0.2) is 10.6 Å². The molecule has 0 aromatic carbocycles. The highest BCUT2D eigenvalue weighted by Crippen LogP contribution is 2.23. The van der Waals surface area contributed by atoms with Crippen molar-refractivity contribution in [2.75, 3.05) is 0 Å². The van der Waals surface area contributed by atoms with Gasteiger partial charge in [-0.3, -0.25) is 4.79 Å². The molecule has 1 rings (SSSR count). The molecule has 0 bridgehead atoms. The summed E-state index contributed by atoms with van der Waals surface area (Å²) in [6, 6.07) is 0.885. The maximum absolute atomic E-state index is 12.1. The summed E-state index contributed by atoms with van der Waals surface area (Å²) in [5, 5.41) is 12.5. The molecule has 0 amide bonds. The number of sulfonamides is 1. The molecule has 0 aliphatic heterocycles. The van der Waals surface area contributed by atoms with Gasteiger partial charge in [-0.2, -0.15) is 0 Å². The normalized spacial score (nSPS) is 14.1. The Hall–Kier alpha value is -1.41. The molecule has 0 saturated carbocycles. The van der Waals surface area contributed by atoms with Crippen LogP contribution in [0.3, 0.4) is 0 Å². The largest absolute Gasteiger partial charge is 0.481 e. The first-order valence-corrected chi connectivity index (χ1v) is 8.26. The number of carboxylic acid groups (broad SMARTS) is 1. The second-order valence-corrected chi connectivity index (χ2v) is 8.12. The van der Waals surface area contributed by atoms with Gasteiger partial charge in [0.25, 0.3) is 0 Å². The van der Waals surface area contributed by atoms with Gasteiger partial charge in [-0.25, -0.2) is 13.1 Å². The van der Waals surface area contributed by atoms with Crippen molar-refractivity contribution in [2.45, 2.75) is 52.3 Å². The number of carboxylic acids is 1. The Labute approximate surface area is 124 Å². The molecule has 21 heavy (non-hydrogen) atoms. The maximum atomic E-state index is 12.1. The molecule has 1 heterocycles. The van der Waals surface area contributed by atoms with Crippen LogP contribution in [0.1, 0.15) is 45.1 Å². The molecular weight excluding hydrogens is 296 g/mol. The van der Waals surface area contributed by atoms with E-state index in [1.54, 1.807) is 6.92 Å². The van der Waals surface area contributed by atoms with Crippen molar-refractivity contribution in [3.8, 4) is 0 Å². The van der Waals surface area contributed by atoms with Gasteiger partial charge in [0.2, 0.25) is 10.0 Å². The number of aryl methyl sites for hydroxylation is 1. The first-order chi connectivity index (χ1) is 9.47. The average Bonchev–Trinajstić information content (AvgIpc) is 2.57. The van der Waals surface area contributed by atoms with Crippen molar-refractivity contribution < 1.29 is 22.8 Å². The van der Waals surface area contributed by atoms with Gasteiger partial charge in [0.05, 0.1) is 6.42 Å². The van der Waals surface area contributed by atoms with Gasteiger partial charge in [0, 0.05) is 12.1 Å². The van der Waals surface area contributed by atoms with E-state index in [0.29, 0.717) is 17.9 Å². The molecule has 1 aromatic heterocycles. The van der Waals surface area contributed by atoms with Crippen molar-refractivity contribution in [2.24, 2.45) is 5.41 Å². The SMILES string of the molecule is Cc1cc(CS(=O)(=O)NC(CC(=O)O)CC(C)(C)C)no1. The van der Waals surface area contributed by atoms with E-state index >= 15 is 0 Å². The van der Waals surface area contributed by atoms with Crippen LogP contribution in [-0.2, 0) is 20.6 Å². The molecule has 0 saturated heterocycles. The van der Waals surface area contributed by atoms with E-state index in [-0.39, 0.29) is 17.6 Å². The van der Waals surface area contributed by atoms with Gasteiger partial charge < -0.3 is 9.63 Å². The number of nitrogens with zero attached hydrogens (tertiary/aromatic N) is 1. The Bertz CT molecular complexity index is 586. The highest BCUT2D eigenvalue weighted by Gasteiger charge is 2.26. The van der Waals surface area contributed by atoms with Gasteiger partial charge in [-0.05, 0) is 18.8 Å². The molecule has 0 aliphatic rings. The quantitative estimate of drug-likeness (QED) is 0.791. The lowest BCUT2D eigenvalue weighted by atomic mass is 9.87. The fourth-order valence-electron chi connectivity index (χ4n) is 2.08. The van der Waals surface area contributed by atoms with Gasteiger partial charge in [0.15, 0.2) is 0 Å². The molecule has 1 unspecified atom stereocenters. The number of hydrogen-bond donors (Lipinski definition) is 2. The summed E-state index contributed by atoms with van der Waals surface area (Å²) in [5.74, 6) is -0.842. The number of aliphatic carboxylic acids is 1. The van der Waals surface area contributed by atoms with Gasteiger partial charge in [-0.1, -0.05) is 25.9 Å². The average molecular weight is 318 g/mol. The molecule has 1 aromatic rings. The molecule has 1 atom stereocenters. The monoisotopic (exact) mass is 318 g/mol. The smallest absolute Gasteiger partial charge is 0.304 e. The summed E-state index contributed by atoms with van der Waals surface area (Å²) in [4.78, 5) is 10.9. The van der Waals surface area contributed by atoms with Gasteiger partial charge >= 0.3 is 5.97 Å². The molecule has 8 heteroatoms. The minimum atomic E-state index is -3.67. The Kier molecular flexibility index (Phi) is 5.52. The highest BCUT2D eigenvalue weighted by molar-refractivity contribution is 7.88. The standard InChI is InChI=1S/C13H22N2O5S/c1-9-5-11(14-20-9)8-21(18,19)15-10(6-12(16)17)7-13(2,3)4/h5,10,15H,6-8H2,1-4H3,(H,16,17). The Balaban J connectivity index is 2.77. The summed E-state index contributed by atoms with van der Waals surface area (Å²) in [6.07, 6.45) is 0.171. The molecule has 0 fully saturated rings. The maximum Gasteiger partial charge on any atom is 0.304 e. The van der Waals surface area contributed by atoms with Crippen LogP contribution in [0.2, 0.25) is 0 Å². The van der Waals surface area contributed by atoms with Crippen molar-refractivity contribution in [3.05, 3.63) is 17.5 Å². The van der Waals surface area contributed by atoms with E-state index in [1.807, 2.05) is 20.8 Å². The topological polar surface area (TPSA) is 110 Å². The Morgan fingerprint density at radius 1 is 1.48 bits per heavy atom. The second kappa shape index (κ2) is 6.57. The third-order valence-electron chi connectivity index (χ3n) is 2.64. The first kappa shape index (κ1) is 17.6. The Morgan fingerprint density at radius 3 is 2.52 bits per heavy atom. The van der Waals surface area contributed by atoms with Gasteiger partial charge in [-0.15, -0.1) is 0 Å². The number of nitrogens with one attached hydrogen (secondary N) is 1. The summed E-state index contributed by atoms with van der Waals surface area (Å²) in [5.41, 5.74) is 0.109. The van der Waals surface area contributed by atoms with Crippen LogP contribution in [0.4, 0.5) is 0 Å². The molecule has 2 N–H and O–H groups in total. The van der Waals surface area contributed by atoms with Crippen molar-refractivity contribution in [3.63, 3.8) is 0 Å². The van der Waals surface area contributed by atoms with Crippen molar-refractivity contribution in [1.82, 2.24) is 9.88 Å². The van der Waals surface area contributed by atoms with Crippen LogP contribution in [0.25, 0.3) is 0 Å². The van der Waals surface area contributed by atoms with Crippen LogP contribution >= 0.6 is 0 Å². The van der Waals surface area contributed by atoms with E-state index in [2.05, 4.69) is 9.88 Å². The molecule has 0 spiro atoms. The molecule has 0 radical (unpaired) electrons. The van der Waals surface area contributed by atoms with E-state index in [1.165, 1.54) is 6.07 Å². The first-order valence-electron chi connectivity index (χ1n) is 6.61. The van der Waals surface area contributed by atoms with E-state index < -0.39 is 22.0 Å². The number of aromatic nitrogens is 1. The summed E-state index contributed by atoms with van der Waals surface area (Å²) in [6.45, 7) is 7.45. The lowest BCUT2D eigenvalue weighted by Gasteiger charge is -2.25. The van der Waals surface area contributed by atoms with Crippen LogP contribution in [-0.4, -0.2) is 30.7 Å². The zero-order chi connectivity index (χ0) is 16.3. The van der Waals surface area contributed by atoms with Gasteiger partial charge in [0.1, 0.15) is 17.2 Å². The number of carbonyl (C=O) groups is 1. The van der Waals surface area contributed by atoms with E-state index in [4.69, 9.17) is 9.63 Å². The minimum Gasteiger partial charge on any atom is -0.481 e. The van der Waals surface area contributed by atoms with Crippen LogP contribution in [0, 0.1) is 12.3 Å². The highest BCUT2D eigenvalue weighted by atomic mass is 32.2. The van der Waals surface area contributed by atoms with Crippen LogP contribution in [0.5, 0.6) is 0 Å². The van der Waals surface area contributed by atoms with E-state index in [9.17, 15) is 13.2 Å². The summed E-state index contributed by atoms with van der Waals surface area (Å²) < 4.78 is 31.5. The molecule has 120 valence electrons. The fraction of sp³-hybridized carbons (Fsp3) is 0.692. The lowest BCUT2D eigenvalue weighted by molar-refractivity contribution is -0.137. The lowest BCUT2D eigenvalue weighted by Crippen LogP contribution is -2.39. The minimum absolute atomic E-state index is 0.187. The Morgan fingerprint density at radius 2 is 2.10 bits per heavy atom. The third-order valence-corrected chi connectivity index (χ3v) is 4.01. The third kappa shape index (κ3) is 7.24. The number of hydrogen-bond acceptors (Lipinski definition) is 5. The second-order valence-electron chi connectivity index (χ2n) is 6.37. The van der Waals surface area contributed by atoms with Crippen LogP contribution < -0.4 is 4.72 Å². The predicted molar refractivity (Wildman–Crippen MR) is 77.1 cm³/mol. The zero-order valence-corrected chi connectivity index (χ0v) is 13.5. The van der Waals surface area contributed by atoms with E-state index in [0.717, 1.165) is 0 Å². The summed E-state index contributed by atoms with van der Waals surface area (Å²) in [7, 11) is -3.67.